The van der Waals surface area contributed by atoms with Crippen LogP contribution in [-0.4, -0.2) is 30.9 Å². The molecule has 0 aliphatic heterocycles. The average Bonchev–Trinajstić information content (AvgIpc) is 2.93. The predicted molar refractivity (Wildman–Crippen MR) is 78.6 cm³/mol. The highest BCUT2D eigenvalue weighted by Crippen LogP contribution is 2.38. The molecule has 2 heterocycles. The Hall–Kier alpha value is -2.76. The molecule has 0 radical (unpaired) electrons. The van der Waals surface area contributed by atoms with Crippen molar-refractivity contribution in [1.82, 2.24) is 14.8 Å². The lowest BCUT2D eigenvalue weighted by molar-refractivity contribution is 0.0689. The van der Waals surface area contributed by atoms with E-state index in [0.717, 1.165) is 22.2 Å². The van der Waals surface area contributed by atoms with Crippen LogP contribution in [0.25, 0.3) is 22.2 Å². The standard InChI is InChI=1S/C15H15N3O3/c1-7-8(2)16-10-5-4-9(14(19)13(7)10)12-6-11(15(20)21)17-18(12)3/h4-6,16,19H,1-3H3,(H,20,21). The lowest BCUT2D eigenvalue weighted by Gasteiger charge is -2.06. The summed E-state index contributed by atoms with van der Waals surface area (Å²) >= 11 is 0. The predicted octanol–water partition coefficient (Wildman–Crippen LogP) is 2.59. The number of phenolic OH excluding ortho intramolecular Hbond substituents is 1. The number of rotatable bonds is 2. The fourth-order valence-corrected chi connectivity index (χ4v) is 2.59. The lowest BCUT2D eigenvalue weighted by Crippen LogP contribution is -1.99. The smallest absolute Gasteiger partial charge is 0.356 e. The number of aromatic carboxylic acids is 1. The summed E-state index contributed by atoms with van der Waals surface area (Å²) in [4.78, 5) is 14.2. The molecule has 3 N–H and O–H groups in total. The molecule has 0 saturated carbocycles. The van der Waals surface area contributed by atoms with Crippen LogP contribution < -0.4 is 0 Å². The fourth-order valence-electron chi connectivity index (χ4n) is 2.59. The number of aromatic amines is 1. The first-order valence-electron chi connectivity index (χ1n) is 6.48. The second-order valence-electron chi connectivity index (χ2n) is 5.10. The maximum absolute atomic E-state index is 11.0. The molecule has 3 aromatic rings. The Morgan fingerprint density at radius 1 is 1.33 bits per heavy atom. The molecule has 3 rings (SSSR count). The molecule has 108 valence electrons. The van der Waals surface area contributed by atoms with Crippen molar-refractivity contribution < 1.29 is 15.0 Å². The number of aromatic hydroxyl groups is 1. The Morgan fingerprint density at radius 2 is 2.05 bits per heavy atom. The summed E-state index contributed by atoms with van der Waals surface area (Å²) < 4.78 is 1.46. The molecule has 21 heavy (non-hydrogen) atoms. The number of nitrogens with one attached hydrogen (secondary N) is 1. The zero-order chi connectivity index (χ0) is 15.3. The molecule has 6 heteroatoms. The summed E-state index contributed by atoms with van der Waals surface area (Å²) in [5.74, 6) is -0.958. The van der Waals surface area contributed by atoms with E-state index in [9.17, 15) is 9.90 Å². The van der Waals surface area contributed by atoms with Gasteiger partial charge in [-0.2, -0.15) is 5.10 Å². The van der Waals surface area contributed by atoms with Crippen molar-refractivity contribution in [2.45, 2.75) is 13.8 Å². The first-order valence-corrected chi connectivity index (χ1v) is 6.48. The summed E-state index contributed by atoms with van der Waals surface area (Å²) in [7, 11) is 1.65. The largest absolute Gasteiger partial charge is 0.507 e. The van der Waals surface area contributed by atoms with Crippen molar-refractivity contribution in [3.8, 4) is 17.0 Å². The van der Waals surface area contributed by atoms with Crippen LogP contribution in [0.15, 0.2) is 18.2 Å². The minimum atomic E-state index is -1.09. The fraction of sp³-hybridized carbons (Fsp3) is 0.200. The van der Waals surface area contributed by atoms with E-state index in [2.05, 4.69) is 10.1 Å². The second-order valence-corrected chi connectivity index (χ2v) is 5.10. The maximum atomic E-state index is 11.0. The van der Waals surface area contributed by atoms with Gasteiger partial charge in [-0.1, -0.05) is 0 Å². The van der Waals surface area contributed by atoms with Crippen molar-refractivity contribution in [3.05, 3.63) is 35.2 Å². The van der Waals surface area contributed by atoms with Crippen LogP contribution in [0.2, 0.25) is 0 Å². The Bertz CT molecular complexity index is 874. The molecular weight excluding hydrogens is 270 g/mol. The van der Waals surface area contributed by atoms with E-state index in [1.807, 2.05) is 19.9 Å². The number of carboxylic acids is 1. The third-order valence-corrected chi connectivity index (χ3v) is 3.81. The van der Waals surface area contributed by atoms with Gasteiger partial charge in [0.25, 0.3) is 0 Å². The van der Waals surface area contributed by atoms with Crippen LogP contribution in [0, 0.1) is 13.8 Å². The summed E-state index contributed by atoms with van der Waals surface area (Å²) in [6, 6.07) is 5.09. The van der Waals surface area contributed by atoms with Crippen molar-refractivity contribution in [1.29, 1.82) is 0 Å². The lowest BCUT2D eigenvalue weighted by atomic mass is 10.0. The van der Waals surface area contributed by atoms with Crippen LogP contribution in [0.3, 0.4) is 0 Å². The first-order chi connectivity index (χ1) is 9.90. The Kier molecular flexibility index (Phi) is 2.76. The number of hydrogen-bond acceptors (Lipinski definition) is 3. The summed E-state index contributed by atoms with van der Waals surface area (Å²) in [5, 5.41) is 24.3. The molecule has 0 aliphatic carbocycles. The van der Waals surface area contributed by atoms with Crippen molar-refractivity contribution in [2.75, 3.05) is 0 Å². The van der Waals surface area contributed by atoms with E-state index in [4.69, 9.17) is 5.11 Å². The molecule has 0 unspecified atom stereocenters. The van der Waals surface area contributed by atoms with E-state index in [1.165, 1.54) is 10.7 Å². The highest BCUT2D eigenvalue weighted by atomic mass is 16.4. The summed E-state index contributed by atoms with van der Waals surface area (Å²) in [5.41, 5.74) is 3.90. The van der Waals surface area contributed by atoms with E-state index in [1.54, 1.807) is 13.1 Å². The molecule has 0 spiro atoms. The molecule has 1 aromatic carbocycles. The minimum Gasteiger partial charge on any atom is -0.507 e. The van der Waals surface area contributed by atoms with Gasteiger partial charge in [-0.05, 0) is 37.6 Å². The molecule has 0 atom stereocenters. The Balaban J connectivity index is 2.28. The molecule has 2 aromatic heterocycles. The molecule has 6 nitrogen and oxygen atoms in total. The second kappa shape index (κ2) is 4.37. The van der Waals surface area contributed by atoms with Gasteiger partial charge in [0.2, 0.25) is 0 Å². The first kappa shape index (κ1) is 13.2. The van der Waals surface area contributed by atoms with Gasteiger partial charge < -0.3 is 15.2 Å². The number of carbonyl (C=O) groups is 1. The van der Waals surface area contributed by atoms with Gasteiger partial charge in [-0.25, -0.2) is 4.79 Å². The molecule has 0 saturated heterocycles. The molecule has 0 fully saturated rings. The zero-order valence-corrected chi connectivity index (χ0v) is 11.9. The average molecular weight is 285 g/mol. The number of aryl methyl sites for hydroxylation is 3. The van der Waals surface area contributed by atoms with Gasteiger partial charge in [0.05, 0.1) is 5.69 Å². The number of phenols is 1. The third-order valence-electron chi connectivity index (χ3n) is 3.81. The van der Waals surface area contributed by atoms with Gasteiger partial charge in [0.1, 0.15) is 5.75 Å². The van der Waals surface area contributed by atoms with E-state index in [0.29, 0.717) is 11.3 Å². The number of H-pyrrole nitrogens is 1. The molecule has 0 aliphatic rings. The van der Waals surface area contributed by atoms with Gasteiger partial charge in [-0.3, -0.25) is 4.68 Å². The van der Waals surface area contributed by atoms with Gasteiger partial charge in [-0.15, -0.1) is 0 Å². The van der Waals surface area contributed by atoms with Crippen LogP contribution in [0.4, 0.5) is 0 Å². The molecule has 0 amide bonds. The zero-order valence-electron chi connectivity index (χ0n) is 11.9. The highest BCUT2D eigenvalue weighted by Gasteiger charge is 2.18. The SMILES string of the molecule is Cc1[nH]c2ccc(-c3cc(C(=O)O)nn3C)c(O)c2c1C. The number of nitrogens with zero attached hydrogens (tertiary/aromatic N) is 2. The number of carboxylic acid groups (broad SMARTS) is 1. The van der Waals surface area contributed by atoms with Crippen molar-refractivity contribution in [3.63, 3.8) is 0 Å². The maximum Gasteiger partial charge on any atom is 0.356 e. The highest BCUT2D eigenvalue weighted by molar-refractivity contribution is 5.96. The normalized spacial score (nSPS) is 11.2. The van der Waals surface area contributed by atoms with Crippen LogP contribution in [0.1, 0.15) is 21.7 Å². The number of benzene rings is 1. The third kappa shape index (κ3) is 1.87. The van der Waals surface area contributed by atoms with Gasteiger partial charge in [0, 0.05) is 29.2 Å². The van der Waals surface area contributed by atoms with Crippen LogP contribution in [-0.2, 0) is 7.05 Å². The summed E-state index contributed by atoms with van der Waals surface area (Å²) in [6.07, 6.45) is 0. The van der Waals surface area contributed by atoms with E-state index < -0.39 is 5.97 Å². The number of fused-ring (bicyclic) bond motifs is 1. The van der Waals surface area contributed by atoms with Crippen LogP contribution >= 0.6 is 0 Å². The number of aromatic nitrogens is 3. The quantitative estimate of drug-likeness (QED) is 0.675. The van der Waals surface area contributed by atoms with Gasteiger partial charge in [0.15, 0.2) is 5.69 Å². The summed E-state index contributed by atoms with van der Waals surface area (Å²) in [6.45, 7) is 3.88. The molecular formula is C15H15N3O3. The van der Waals surface area contributed by atoms with E-state index in [-0.39, 0.29) is 11.4 Å². The Labute approximate surface area is 120 Å². The topological polar surface area (TPSA) is 91.1 Å². The Morgan fingerprint density at radius 3 is 2.67 bits per heavy atom. The van der Waals surface area contributed by atoms with Gasteiger partial charge >= 0.3 is 5.97 Å². The van der Waals surface area contributed by atoms with E-state index >= 15 is 0 Å². The van der Waals surface area contributed by atoms with Crippen LogP contribution in [0.5, 0.6) is 5.75 Å². The number of hydrogen-bond donors (Lipinski definition) is 3. The van der Waals surface area contributed by atoms with Crippen molar-refractivity contribution >= 4 is 16.9 Å². The minimum absolute atomic E-state index is 0.0473. The molecule has 0 bridgehead atoms. The van der Waals surface area contributed by atoms with Crippen molar-refractivity contribution in [2.24, 2.45) is 7.05 Å². The monoisotopic (exact) mass is 285 g/mol.